The fourth-order valence-electron chi connectivity index (χ4n) is 4.49. The van der Waals surface area contributed by atoms with E-state index in [0.717, 1.165) is 30.8 Å². The number of nitrogens with one attached hydrogen (secondary N) is 1. The Hall–Kier alpha value is -2.95. The van der Waals surface area contributed by atoms with Gasteiger partial charge in [-0.2, -0.15) is 0 Å². The molecule has 1 unspecified atom stereocenters. The van der Waals surface area contributed by atoms with E-state index < -0.39 is 9.84 Å². The van der Waals surface area contributed by atoms with E-state index in [0.29, 0.717) is 40.5 Å². The Morgan fingerprint density at radius 1 is 1.14 bits per heavy atom. The van der Waals surface area contributed by atoms with Crippen molar-refractivity contribution >= 4 is 44.0 Å². The van der Waals surface area contributed by atoms with E-state index in [9.17, 15) is 8.42 Å². The molecule has 0 amide bonds. The van der Waals surface area contributed by atoms with Gasteiger partial charge in [0.25, 0.3) is 0 Å². The normalized spacial score (nSPS) is 16.7. The fraction of sp³-hybridized carbons (Fsp3) is 0.375. The van der Waals surface area contributed by atoms with Crippen LogP contribution in [0.1, 0.15) is 37.0 Å². The molecule has 0 aliphatic carbocycles. The Balaban J connectivity index is 1.61. The van der Waals surface area contributed by atoms with Gasteiger partial charge in [-0.25, -0.2) is 23.4 Å². The number of halogens is 1. The molecule has 1 fully saturated rings. The minimum Gasteiger partial charge on any atom is -0.358 e. The Morgan fingerprint density at radius 2 is 1.94 bits per heavy atom. The van der Waals surface area contributed by atoms with Gasteiger partial charge in [0.2, 0.25) is 0 Å². The third-order valence-corrected chi connectivity index (χ3v) is 7.70. The zero-order valence-corrected chi connectivity index (χ0v) is 21.6. The van der Waals surface area contributed by atoms with Crippen LogP contribution in [-0.4, -0.2) is 45.4 Å². The molecule has 184 valence electrons. The zero-order valence-electron chi connectivity index (χ0n) is 20.0. The maximum Gasteiger partial charge on any atom is 0.177 e. The van der Waals surface area contributed by atoms with Crippen LogP contribution in [-0.2, 0) is 21.6 Å². The van der Waals surface area contributed by atoms with Crippen molar-refractivity contribution in [1.29, 1.82) is 0 Å². The second-order valence-corrected chi connectivity index (χ2v) is 11.3. The number of aromatic nitrogens is 5. The number of pyridine rings is 1. The molecular weight excluding hydrogens is 488 g/mol. The highest BCUT2D eigenvalue weighted by atomic mass is 35.5. The largest absolute Gasteiger partial charge is 0.358 e. The Bertz CT molecular complexity index is 1540. The number of nitrogens with zero attached hydrogens (tertiary/aromatic N) is 5. The van der Waals surface area contributed by atoms with Crippen LogP contribution in [0.4, 0.5) is 11.4 Å². The molecule has 9 nitrogen and oxygen atoms in total. The number of benzene rings is 1. The summed E-state index contributed by atoms with van der Waals surface area (Å²) in [6, 6.07) is 6.88. The van der Waals surface area contributed by atoms with E-state index in [1.165, 1.54) is 6.26 Å². The summed E-state index contributed by atoms with van der Waals surface area (Å²) in [7, 11) is -1.67. The maximum atomic E-state index is 12.8. The van der Waals surface area contributed by atoms with E-state index in [4.69, 9.17) is 21.3 Å². The Kier molecular flexibility index (Phi) is 6.06. The fourth-order valence-corrected chi connectivity index (χ4v) is 5.54. The number of imidazole rings is 2. The number of aryl methyl sites for hydroxylation is 2. The molecule has 0 radical (unpaired) electrons. The van der Waals surface area contributed by atoms with Crippen molar-refractivity contribution < 1.29 is 13.2 Å². The molecule has 3 aromatic heterocycles. The van der Waals surface area contributed by atoms with Crippen molar-refractivity contribution in [2.24, 2.45) is 7.05 Å². The van der Waals surface area contributed by atoms with E-state index in [-0.39, 0.29) is 16.3 Å². The minimum absolute atomic E-state index is 0.153. The number of hydrogen-bond acceptors (Lipinski definition) is 7. The summed E-state index contributed by atoms with van der Waals surface area (Å²) in [6.07, 6.45) is 5.76. The van der Waals surface area contributed by atoms with Crippen LogP contribution in [0.25, 0.3) is 22.6 Å². The molecule has 1 aliphatic heterocycles. The highest BCUT2D eigenvalue weighted by Gasteiger charge is 2.24. The summed E-state index contributed by atoms with van der Waals surface area (Å²) in [6.45, 7) is 4.54. The third-order valence-electron chi connectivity index (χ3n) is 6.37. The van der Waals surface area contributed by atoms with Crippen LogP contribution in [0.3, 0.4) is 0 Å². The van der Waals surface area contributed by atoms with Gasteiger partial charge < -0.3 is 14.6 Å². The molecule has 1 atom stereocenters. The van der Waals surface area contributed by atoms with Gasteiger partial charge in [0.1, 0.15) is 28.5 Å². The number of hydrogen-bond donors (Lipinski definition) is 1. The smallest absolute Gasteiger partial charge is 0.177 e. The predicted octanol–water partition coefficient (Wildman–Crippen LogP) is 4.95. The van der Waals surface area contributed by atoms with Gasteiger partial charge in [0.05, 0.1) is 16.3 Å². The van der Waals surface area contributed by atoms with E-state index in [1.807, 2.05) is 36.1 Å². The summed E-state index contributed by atoms with van der Waals surface area (Å²) in [4.78, 5) is 13.8. The summed E-state index contributed by atoms with van der Waals surface area (Å²) in [5.41, 5.74) is 3.88. The molecule has 1 aromatic carbocycles. The topological polar surface area (TPSA) is 104 Å². The molecule has 4 heterocycles. The molecule has 4 aromatic rings. The van der Waals surface area contributed by atoms with Gasteiger partial charge in [-0.15, -0.1) is 0 Å². The van der Waals surface area contributed by atoms with Gasteiger partial charge in [0.15, 0.2) is 15.5 Å². The summed E-state index contributed by atoms with van der Waals surface area (Å²) in [5, 5.41) is 3.53. The maximum absolute atomic E-state index is 12.8. The number of ether oxygens (including phenoxy) is 1. The standard InChI is InChI=1S/C24H27ClN6O3S/c1-14-13-26-23(30(14)3)16-8-9-17(19(11-16)35(4,32)33)28-18-12-20(25)29-24-22(18)27-15(2)31(24)21-7-5-6-10-34-21/h8-9,11-13,21H,5-7,10H2,1-4H3,(H,28,29). The van der Waals surface area contributed by atoms with Gasteiger partial charge in [0, 0.05) is 43.4 Å². The highest BCUT2D eigenvalue weighted by molar-refractivity contribution is 7.90. The van der Waals surface area contributed by atoms with E-state index in [1.54, 1.807) is 24.4 Å². The van der Waals surface area contributed by atoms with Gasteiger partial charge in [-0.05, 0) is 51.3 Å². The lowest BCUT2D eigenvalue weighted by atomic mass is 10.2. The first kappa shape index (κ1) is 23.8. The first-order valence-electron chi connectivity index (χ1n) is 11.4. The average Bonchev–Trinajstić information content (AvgIpc) is 3.32. The molecular formula is C24H27ClN6O3S. The molecule has 1 aliphatic rings. The van der Waals surface area contributed by atoms with Crippen LogP contribution < -0.4 is 5.32 Å². The van der Waals surface area contributed by atoms with Gasteiger partial charge in [-0.1, -0.05) is 11.6 Å². The molecule has 0 saturated carbocycles. The van der Waals surface area contributed by atoms with Gasteiger partial charge >= 0.3 is 0 Å². The van der Waals surface area contributed by atoms with Crippen molar-refractivity contribution in [2.45, 2.75) is 44.2 Å². The van der Waals surface area contributed by atoms with Crippen LogP contribution in [0.2, 0.25) is 5.15 Å². The first-order valence-corrected chi connectivity index (χ1v) is 13.7. The predicted molar refractivity (Wildman–Crippen MR) is 136 cm³/mol. The lowest BCUT2D eigenvalue weighted by Gasteiger charge is -2.25. The van der Waals surface area contributed by atoms with Crippen LogP contribution in [0, 0.1) is 13.8 Å². The average molecular weight is 515 g/mol. The first-order chi connectivity index (χ1) is 16.6. The van der Waals surface area contributed by atoms with Crippen molar-refractivity contribution in [3.05, 3.63) is 47.1 Å². The monoisotopic (exact) mass is 514 g/mol. The lowest BCUT2D eigenvalue weighted by molar-refractivity contribution is -0.0309. The minimum atomic E-state index is -3.57. The van der Waals surface area contributed by atoms with Crippen molar-refractivity contribution in [2.75, 3.05) is 18.2 Å². The van der Waals surface area contributed by atoms with Crippen LogP contribution in [0.15, 0.2) is 35.4 Å². The molecule has 1 saturated heterocycles. The van der Waals surface area contributed by atoms with Crippen molar-refractivity contribution in [3.8, 4) is 11.4 Å². The SMILES string of the molecule is Cc1cnc(-c2ccc(Nc3cc(Cl)nc4c3nc(C)n4C3CCCCO3)c(S(C)(=O)=O)c2)n1C. The molecule has 0 spiro atoms. The second kappa shape index (κ2) is 8.92. The molecule has 11 heteroatoms. The molecule has 0 bridgehead atoms. The molecule has 5 rings (SSSR count). The summed E-state index contributed by atoms with van der Waals surface area (Å²) in [5.74, 6) is 1.45. The summed E-state index contributed by atoms with van der Waals surface area (Å²) < 4.78 is 35.4. The number of fused-ring (bicyclic) bond motifs is 1. The lowest BCUT2D eigenvalue weighted by Crippen LogP contribution is -2.19. The van der Waals surface area contributed by atoms with Crippen LogP contribution in [0.5, 0.6) is 0 Å². The Labute approximate surface area is 209 Å². The van der Waals surface area contributed by atoms with Crippen LogP contribution >= 0.6 is 11.6 Å². The highest BCUT2D eigenvalue weighted by Crippen LogP contribution is 2.35. The van der Waals surface area contributed by atoms with E-state index >= 15 is 0 Å². The number of sulfone groups is 1. The van der Waals surface area contributed by atoms with Crippen molar-refractivity contribution in [1.82, 2.24) is 24.1 Å². The third kappa shape index (κ3) is 4.41. The molecule has 1 N–H and O–H groups in total. The van der Waals surface area contributed by atoms with E-state index in [2.05, 4.69) is 15.3 Å². The number of rotatable bonds is 5. The Morgan fingerprint density at radius 3 is 2.60 bits per heavy atom. The van der Waals surface area contributed by atoms with Crippen molar-refractivity contribution in [3.63, 3.8) is 0 Å². The quantitative estimate of drug-likeness (QED) is 0.376. The van der Waals surface area contributed by atoms with Gasteiger partial charge in [-0.3, -0.25) is 4.57 Å². The summed E-state index contributed by atoms with van der Waals surface area (Å²) >= 11 is 6.40. The molecule has 35 heavy (non-hydrogen) atoms. The number of anilines is 2. The zero-order chi connectivity index (χ0) is 24.9. The second-order valence-electron chi connectivity index (χ2n) is 8.91.